The van der Waals surface area contributed by atoms with Crippen LogP contribution in [0.4, 0.5) is 14.5 Å². The fourth-order valence-electron chi connectivity index (χ4n) is 3.05. The lowest BCUT2D eigenvalue weighted by Gasteiger charge is -2.41. The van der Waals surface area contributed by atoms with Crippen LogP contribution in [0.2, 0.25) is 0 Å². The lowest BCUT2D eigenvalue weighted by atomic mass is 9.75. The first kappa shape index (κ1) is 17.3. The molecule has 0 bridgehead atoms. The van der Waals surface area contributed by atoms with Crippen LogP contribution in [0.15, 0.2) is 24.3 Å². The molecule has 0 heterocycles. The molecule has 6 heteroatoms. The highest BCUT2D eigenvalue weighted by Gasteiger charge is 2.61. The third kappa shape index (κ3) is 3.44. The molecular weight excluding hydrogens is 314 g/mol. The van der Waals surface area contributed by atoms with E-state index >= 15 is 0 Å². The monoisotopic (exact) mass is 338 g/mol. The molecule has 2 fully saturated rings. The molecule has 1 aromatic rings. The first-order valence-corrected chi connectivity index (χ1v) is 8.53. The summed E-state index contributed by atoms with van der Waals surface area (Å²) in [5, 5.41) is 12.1. The van der Waals surface area contributed by atoms with Crippen molar-refractivity contribution in [2.45, 2.75) is 56.1 Å². The molecule has 0 spiro atoms. The van der Waals surface area contributed by atoms with E-state index in [0.29, 0.717) is 18.2 Å². The van der Waals surface area contributed by atoms with Gasteiger partial charge < -0.3 is 15.3 Å². The number of likely N-dealkylation sites (N-methyl/N-ethyl adjacent to an activating group) is 1. The van der Waals surface area contributed by atoms with Gasteiger partial charge in [-0.1, -0.05) is 12.1 Å². The van der Waals surface area contributed by atoms with Gasteiger partial charge in [0.1, 0.15) is 5.60 Å². The number of carbonyl (C=O) groups excluding carboxylic acids is 1. The predicted octanol–water partition coefficient (Wildman–Crippen LogP) is 2.81. The van der Waals surface area contributed by atoms with Gasteiger partial charge in [0, 0.05) is 18.3 Å². The first-order valence-electron chi connectivity index (χ1n) is 8.53. The van der Waals surface area contributed by atoms with Crippen molar-refractivity contribution in [3.63, 3.8) is 0 Å². The van der Waals surface area contributed by atoms with Gasteiger partial charge in [-0.3, -0.25) is 4.79 Å². The van der Waals surface area contributed by atoms with Crippen molar-refractivity contribution in [1.82, 2.24) is 4.90 Å². The average molecular weight is 338 g/mol. The Bertz CT molecular complexity index is 613. The van der Waals surface area contributed by atoms with Crippen LogP contribution in [-0.2, 0) is 11.2 Å². The molecule has 0 unspecified atom stereocenters. The summed E-state index contributed by atoms with van der Waals surface area (Å²) in [4.78, 5) is 14.2. The molecule has 0 atom stereocenters. The average Bonchev–Trinajstić information content (AvgIpc) is 3.35. The number of nitrogens with zero attached hydrogens (tertiary/aromatic N) is 1. The van der Waals surface area contributed by atoms with E-state index in [1.165, 1.54) is 12.8 Å². The minimum atomic E-state index is -3.77. The normalized spacial score (nSPS) is 19.9. The topological polar surface area (TPSA) is 52.6 Å². The summed E-state index contributed by atoms with van der Waals surface area (Å²) in [6, 6.07) is 7.66. The van der Waals surface area contributed by atoms with Crippen molar-refractivity contribution in [3.8, 4) is 0 Å². The second kappa shape index (κ2) is 6.41. The van der Waals surface area contributed by atoms with Crippen LogP contribution >= 0.6 is 0 Å². The summed E-state index contributed by atoms with van der Waals surface area (Å²) in [6.45, 7) is 0.901. The molecule has 0 radical (unpaired) electrons. The van der Waals surface area contributed by atoms with Gasteiger partial charge in [0.25, 0.3) is 5.91 Å². The van der Waals surface area contributed by atoms with E-state index < -0.39 is 17.4 Å². The summed E-state index contributed by atoms with van der Waals surface area (Å²) in [5.41, 5.74) is -0.859. The van der Waals surface area contributed by atoms with Crippen molar-refractivity contribution < 1.29 is 18.7 Å². The number of hydrogen-bond acceptors (Lipinski definition) is 3. The van der Waals surface area contributed by atoms with E-state index in [1.807, 2.05) is 6.07 Å². The first-order chi connectivity index (χ1) is 11.3. The molecular formula is C18H24F2N2O2. The lowest BCUT2D eigenvalue weighted by Crippen LogP contribution is -2.59. The van der Waals surface area contributed by atoms with Gasteiger partial charge in [0.2, 0.25) is 0 Å². The van der Waals surface area contributed by atoms with E-state index in [1.54, 1.807) is 18.2 Å². The Kier molecular flexibility index (Phi) is 4.62. The minimum Gasteiger partial charge on any atom is -0.383 e. The van der Waals surface area contributed by atoms with Crippen molar-refractivity contribution in [2.24, 2.45) is 0 Å². The molecule has 4 nitrogen and oxygen atoms in total. The highest BCUT2D eigenvalue weighted by Crippen LogP contribution is 2.44. The molecule has 0 aliphatic heterocycles. The molecule has 1 amide bonds. The summed E-state index contributed by atoms with van der Waals surface area (Å²) in [5.74, 6) is -5.20. The van der Waals surface area contributed by atoms with E-state index in [4.69, 9.17) is 0 Å². The largest absolute Gasteiger partial charge is 0.383 e. The number of carbonyl (C=O) groups is 1. The van der Waals surface area contributed by atoms with Crippen molar-refractivity contribution in [1.29, 1.82) is 0 Å². The number of anilines is 1. The third-order valence-corrected chi connectivity index (χ3v) is 5.16. The molecule has 1 aromatic carbocycles. The number of amides is 1. The fraction of sp³-hybridized carbons (Fsp3) is 0.611. The maximum atomic E-state index is 14.1. The Morgan fingerprint density at radius 3 is 2.71 bits per heavy atom. The van der Waals surface area contributed by atoms with Crippen LogP contribution in [0.1, 0.15) is 37.7 Å². The zero-order valence-corrected chi connectivity index (χ0v) is 13.9. The van der Waals surface area contributed by atoms with Crippen LogP contribution in [0, 0.1) is 0 Å². The van der Waals surface area contributed by atoms with Crippen LogP contribution in [0.25, 0.3) is 0 Å². The van der Waals surface area contributed by atoms with Crippen LogP contribution in [0.5, 0.6) is 0 Å². The van der Waals surface area contributed by atoms with E-state index in [2.05, 4.69) is 17.3 Å². The van der Waals surface area contributed by atoms with Gasteiger partial charge in [-0.2, -0.15) is 8.78 Å². The second-order valence-electron chi connectivity index (χ2n) is 7.08. The quantitative estimate of drug-likeness (QED) is 0.804. The highest BCUT2D eigenvalue weighted by molar-refractivity contribution is 5.97. The molecule has 0 saturated heterocycles. The number of halogens is 2. The predicted molar refractivity (Wildman–Crippen MR) is 88.2 cm³/mol. The maximum absolute atomic E-state index is 14.1. The maximum Gasteiger partial charge on any atom is 0.352 e. The molecule has 2 saturated carbocycles. The van der Waals surface area contributed by atoms with Gasteiger partial charge >= 0.3 is 5.92 Å². The fourth-order valence-corrected chi connectivity index (χ4v) is 3.05. The number of nitrogens with one attached hydrogen (secondary N) is 1. The molecule has 132 valence electrons. The molecule has 2 aliphatic rings. The number of alkyl halides is 2. The number of aliphatic hydroxyl groups is 1. The van der Waals surface area contributed by atoms with Crippen LogP contribution < -0.4 is 5.32 Å². The Hall–Kier alpha value is -1.53. The summed E-state index contributed by atoms with van der Waals surface area (Å²) in [7, 11) is 2.09. The lowest BCUT2D eigenvalue weighted by molar-refractivity contribution is -0.212. The van der Waals surface area contributed by atoms with E-state index in [0.717, 1.165) is 18.5 Å². The molecule has 2 aliphatic carbocycles. The van der Waals surface area contributed by atoms with E-state index in [-0.39, 0.29) is 12.8 Å². The Morgan fingerprint density at radius 1 is 1.42 bits per heavy atom. The van der Waals surface area contributed by atoms with E-state index in [9.17, 15) is 18.7 Å². The summed E-state index contributed by atoms with van der Waals surface area (Å²) < 4.78 is 28.2. The number of hydrogen-bond donors (Lipinski definition) is 2. The smallest absolute Gasteiger partial charge is 0.352 e. The SMILES string of the molecule is CN(CCc1cccc(NC(=O)C(F)(F)C2(O)CCC2)c1)C1CC1. The summed E-state index contributed by atoms with van der Waals surface area (Å²) in [6.07, 6.45) is 3.72. The number of benzene rings is 1. The minimum absolute atomic E-state index is 0.0407. The standard InChI is InChI=1S/C18H24F2N2O2/c1-22(15-6-7-15)11-8-13-4-2-5-14(12-13)21-16(23)18(19,20)17(24)9-3-10-17/h2,4-5,12,15,24H,3,6-11H2,1H3,(H,21,23). The van der Waals surface area contributed by atoms with Gasteiger partial charge in [0.05, 0.1) is 0 Å². The number of rotatable bonds is 7. The zero-order valence-electron chi connectivity index (χ0n) is 13.9. The molecule has 24 heavy (non-hydrogen) atoms. The third-order valence-electron chi connectivity index (χ3n) is 5.16. The van der Waals surface area contributed by atoms with Gasteiger partial charge in [-0.15, -0.1) is 0 Å². The molecule has 2 N–H and O–H groups in total. The zero-order chi connectivity index (χ0) is 17.4. The van der Waals surface area contributed by atoms with Gasteiger partial charge in [-0.25, -0.2) is 0 Å². The van der Waals surface area contributed by atoms with Crippen LogP contribution in [-0.4, -0.2) is 47.1 Å². The molecule has 0 aromatic heterocycles. The van der Waals surface area contributed by atoms with Crippen molar-refractivity contribution in [3.05, 3.63) is 29.8 Å². The van der Waals surface area contributed by atoms with Crippen molar-refractivity contribution in [2.75, 3.05) is 18.9 Å². The molecule has 3 rings (SSSR count). The highest BCUT2D eigenvalue weighted by atomic mass is 19.3. The van der Waals surface area contributed by atoms with Crippen LogP contribution in [0.3, 0.4) is 0 Å². The second-order valence-corrected chi connectivity index (χ2v) is 7.08. The van der Waals surface area contributed by atoms with Crippen molar-refractivity contribution >= 4 is 11.6 Å². The summed E-state index contributed by atoms with van der Waals surface area (Å²) >= 11 is 0. The van der Waals surface area contributed by atoms with Gasteiger partial charge in [0.15, 0.2) is 0 Å². The van der Waals surface area contributed by atoms with Gasteiger partial charge in [-0.05, 0) is 63.3 Å². The Morgan fingerprint density at radius 2 is 2.12 bits per heavy atom. The Balaban J connectivity index is 1.60. The Labute approximate surface area is 140 Å².